The number of anilines is 1. The van der Waals surface area contributed by atoms with E-state index in [1.165, 1.54) is 6.07 Å². The van der Waals surface area contributed by atoms with Gasteiger partial charge in [-0.1, -0.05) is 19.1 Å². The number of hydrogen-bond donors (Lipinski definition) is 1. The topological polar surface area (TPSA) is 55.5 Å². The van der Waals surface area contributed by atoms with Crippen LogP contribution >= 0.6 is 0 Å². The van der Waals surface area contributed by atoms with Gasteiger partial charge in [-0.25, -0.2) is 9.37 Å². The first-order valence-corrected chi connectivity index (χ1v) is 11.2. The molecule has 31 heavy (non-hydrogen) atoms. The van der Waals surface area contributed by atoms with Crippen molar-refractivity contribution in [2.45, 2.75) is 25.8 Å². The predicted octanol–water partition coefficient (Wildman–Crippen LogP) is 3.82. The molecule has 5 rings (SSSR count). The van der Waals surface area contributed by atoms with Gasteiger partial charge in [0, 0.05) is 38.3 Å². The first-order valence-electron chi connectivity index (χ1n) is 11.2. The van der Waals surface area contributed by atoms with E-state index in [4.69, 9.17) is 4.98 Å². The number of para-hydroxylation sites is 2. The van der Waals surface area contributed by atoms with E-state index in [2.05, 4.69) is 21.7 Å². The van der Waals surface area contributed by atoms with E-state index in [0.29, 0.717) is 17.8 Å². The van der Waals surface area contributed by atoms with E-state index in [0.717, 1.165) is 62.4 Å². The number of likely N-dealkylation sites (tertiary alicyclic amines) is 1. The molecule has 1 N–H and O–H groups in total. The van der Waals surface area contributed by atoms with Crippen LogP contribution in [-0.2, 0) is 0 Å². The SMILES string of the molecule is CCN1CCN(c2ccc(C(=O)N3CCCC3c3nc4ccccc4[nH]3)cc2F)CC1. The summed E-state index contributed by atoms with van der Waals surface area (Å²) in [5.74, 6) is 0.345. The summed E-state index contributed by atoms with van der Waals surface area (Å²) >= 11 is 0. The fourth-order valence-electron chi connectivity index (χ4n) is 4.79. The number of likely N-dealkylation sites (N-methyl/N-ethyl adjacent to an activating group) is 1. The number of H-pyrrole nitrogens is 1. The second-order valence-electron chi connectivity index (χ2n) is 8.38. The first kappa shape index (κ1) is 20.0. The molecular formula is C24H28FN5O. The molecule has 0 spiro atoms. The van der Waals surface area contributed by atoms with E-state index in [-0.39, 0.29) is 17.8 Å². The van der Waals surface area contributed by atoms with Crippen molar-refractivity contribution in [3.05, 3.63) is 59.7 Å². The van der Waals surface area contributed by atoms with Crippen LogP contribution in [0.4, 0.5) is 10.1 Å². The average molecular weight is 422 g/mol. The summed E-state index contributed by atoms with van der Waals surface area (Å²) in [6.07, 6.45) is 1.77. The van der Waals surface area contributed by atoms with Gasteiger partial charge in [0.25, 0.3) is 5.91 Å². The Morgan fingerprint density at radius 1 is 1.13 bits per heavy atom. The summed E-state index contributed by atoms with van der Waals surface area (Å²) in [4.78, 5) is 27.6. The third-order valence-corrected chi connectivity index (χ3v) is 6.59. The number of carbonyl (C=O) groups is 1. The lowest BCUT2D eigenvalue weighted by atomic mass is 10.1. The maximum absolute atomic E-state index is 15.0. The molecule has 0 aliphatic carbocycles. The molecule has 6 nitrogen and oxygen atoms in total. The Morgan fingerprint density at radius 3 is 2.68 bits per heavy atom. The summed E-state index contributed by atoms with van der Waals surface area (Å²) in [6, 6.07) is 12.7. The van der Waals surface area contributed by atoms with Gasteiger partial charge in [-0.2, -0.15) is 0 Å². The number of halogens is 1. The fourth-order valence-corrected chi connectivity index (χ4v) is 4.79. The van der Waals surface area contributed by atoms with Gasteiger partial charge in [0.15, 0.2) is 0 Å². The van der Waals surface area contributed by atoms with Crippen LogP contribution in [-0.4, -0.2) is 64.9 Å². The summed E-state index contributed by atoms with van der Waals surface area (Å²) in [7, 11) is 0. The molecule has 3 heterocycles. The molecule has 1 atom stereocenters. The molecule has 3 aromatic rings. The first-order chi connectivity index (χ1) is 15.1. The number of amides is 1. The number of carbonyl (C=O) groups excluding carboxylic acids is 1. The molecule has 2 aliphatic heterocycles. The van der Waals surface area contributed by atoms with Crippen LogP contribution in [0.2, 0.25) is 0 Å². The van der Waals surface area contributed by atoms with Crippen molar-refractivity contribution in [3.8, 4) is 0 Å². The zero-order valence-electron chi connectivity index (χ0n) is 17.9. The van der Waals surface area contributed by atoms with Crippen molar-refractivity contribution in [1.29, 1.82) is 0 Å². The van der Waals surface area contributed by atoms with E-state index in [1.54, 1.807) is 12.1 Å². The van der Waals surface area contributed by atoms with Gasteiger partial charge in [0.2, 0.25) is 0 Å². The van der Waals surface area contributed by atoms with Crippen molar-refractivity contribution in [1.82, 2.24) is 19.8 Å². The third-order valence-electron chi connectivity index (χ3n) is 6.59. The molecular weight excluding hydrogens is 393 g/mol. The van der Waals surface area contributed by atoms with Crippen molar-refractivity contribution < 1.29 is 9.18 Å². The molecule has 2 aliphatic rings. The summed E-state index contributed by atoms with van der Waals surface area (Å²) in [6.45, 7) is 7.30. The molecule has 1 aromatic heterocycles. The molecule has 0 radical (unpaired) electrons. The molecule has 1 unspecified atom stereocenters. The predicted molar refractivity (Wildman–Crippen MR) is 120 cm³/mol. The van der Waals surface area contributed by atoms with E-state index in [9.17, 15) is 9.18 Å². The number of piperazine rings is 1. The van der Waals surface area contributed by atoms with Crippen LogP contribution in [0.5, 0.6) is 0 Å². The molecule has 7 heteroatoms. The van der Waals surface area contributed by atoms with Crippen molar-refractivity contribution in [2.24, 2.45) is 0 Å². The molecule has 162 valence electrons. The van der Waals surface area contributed by atoms with Gasteiger partial charge < -0.3 is 19.7 Å². The molecule has 2 aromatic carbocycles. The van der Waals surface area contributed by atoms with Crippen LogP contribution in [0.15, 0.2) is 42.5 Å². The second kappa shape index (κ2) is 8.30. The number of imidazole rings is 1. The second-order valence-corrected chi connectivity index (χ2v) is 8.38. The minimum Gasteiger partial charge on any atom is -0.367 e. The fraction of sp³-hybridized carbons (Fsp3) is 0.417. The number of aromatic nitrogens is 2. The Morgan fingerprint density at radius 2 is 1.94 bits per heavy atom. The van der Waals surface area contributed by atoms with E-state index in [1.807, 2.05) is 29.2 Å². The minimum absolute atomic E-state index is 0.107. The maximum atomic E-state index is 15.0. The molecule has 2 fully saturated rings. The highest BCUT2D eigenvalue weighted by Gasteiger charge is 2.33. The summed E-state index contributed by atoms with van der Waals surface area (Å²) in [5, 5.41) is 0. The smallest absolute Gasteiger partial charge is 0.254 e. The van der Waals surface area contributed by atoms with Crippen molar-refractivity contribution >= 4 is 22.6 Å². The van der Waals surface area contributed by atoms with Gasteiger partial charge in [-0.3, -0.25) is 4.79 Å². The third kappa shape index (κ3) is 3.78. The molecule has 2 saturated heterocycles. The lowest BCUT2D eigenvalue weighted by molar-refractivity contribution is 0.0730. The van der Waals surface area contributed by atoms with Crippen molar-refractivity contribution in [3.63, 3.8) is 0 Å². The standard InChI is InChI=1S/C24H28FN5O/c1-2-28-12-14-29(15-13-28)21-10-9-17(16-18(21)25)24(31)30-11-5-8-22(30)23-26-19-6-3-4-7-20(19)27-23/h3-4,6-7,9-10,16,22H,2,5,8,11-15H2,1H3,(H,26,27). The Hall–Kier alpha value is -2.93. The largest absolute Gasteiger partial charge is 0.367 e. The Labute approximate surface area is 181 Å². The Balaban J connectivity index is 1.35. The number of fused-ring (bicyclic) bond motifs is 1. The molecule has 0 bridgehead atoms. The van der Waals surface area contributed by atoms with Gasteiger partial charge in [-0.05, 0) is 49.7 Å². The highest BCUT2D eigenvalue weighted by Crippen LogP contribution is 2.33. The average Bonchev–Trinajstić information content (AvgIpc) is 3.45. The monoisotopic (exact) mass is 421 g/mol. The Bertz CT molecular complexity index is 1060. The number of benzene rings is 2. The van der Waals surface area contributed by atoms with Crippen LogP contribution in [0, 0.1) is 5.82 Å². The zero-order valence-corrected chi connectivity index (χ0v) is 17.9. The van der Waals surface area contributed by atoms with Gasteiger partial charge >= 0.3 is 0 Å². The normalized spacial score (nSPS) is 20.0. The summed E-state index contributed by atoms with van der Waals surface area (Å²) < 4.78 is 15.0. The number of hydrogen-bond acceptors (Lipinski definition) is 4. The summed E-state index contributed by atoms with van der Waals surface area (Å²) in [5.41, 5.74) is 2.85. The van der Waals surface area contributed by atoms with Crippen LogP contribution in [0.25, 0.3) is 11.0 Å². The van der Waals surface area contributed by atoms with Crippen LogP contribution < -0.4 is 4.90 Å². The Kier molecular flexibility index (Phi) is 5.36. The number of aromatic amines is 1. The van der Waals surface area contributed by atoms with E-state index < -0.39 is 0 Å². The number of rotatable bonds is 4. The van der Waals surface area contributed by atoms with Crippen LogP contribution in [0.1, 0.15) is 42.0 Å². The van der Waals surface area contributed by atoms with Gasteiger partial charge in [0.05, 0.1) is 22.8 Å². The number of nitrogens with one attached hydrogen (secondary N) is 1. The van der Waals surface area contributed by atoms with E-state index >= 15 is 0 Å². The maximum Gasteiger partial charge on any atom is 0.254 e. The molecule has 0 saturated carbocycles. The van der Waals surface area contributed by atoms with Gasteiger partial charge in [-0.15, -0.1) is 0 Å². The lowest BCUT2D eigenvalue weighted by Crippen LogP contribution is -2.46. The lowest BCUT2D eigenvalue weighted by Gasteiger charge is -2.35. The zero-order chi connectivity index (χ0) is 21.4. The minimum atomic E-state index is -0.324. The van der Waals surface area contributed by atoms with Gasteiger partial charge in [0.1, 0.15) is 11.6 Å². The van der Waals surface area contributed by atoms with Crippen molar-refractivity contribution in [2.75, 3.05) is 44.2 Å². The highest BCUT2D eigenvalue weighted by molar-refractivity contribution is 5.95. The van der Waals surface area contributed by atoms with Crippen LogP contribution in [0.3, 0.4) is 0 Å². The number of nitrogens with zero attached hydrogens (tertiary/aromatic N) is 4. The molecule has 1 amide bonds. The highest BCUT2D eigenvalue weighted by atomic mass is 19.1. The quantitative estimate of drug-likeness (QED) is 0.696.